The number of alkyl halides is 3. The minimum Gasteiger partial charge on any atom is -0.273 e. The van der Waals surface area contributed by atoms with Gasteiger partial charge >= 0.3 is 6.18 Å². The van der Waals surface area contributed by atoms with Gasteiger partial charge in [-0.1, -0.05) is 36.7 Å². The lowest BCUT2D eigenvalue weighted by Crippen LogP contribution is -2.37. The number of hydrogen-bond donors (Lipinski definition) is 1. The maximum Gasteiger partial charge on any atom is 0.418 e. The number of rotatable bonds is 4. The Morgan fingerprint density at radius 1 is 1.21 bits per heavy atom. The van der Waals surface area contributed by atoms with Crippen LogP contribution < -0.4 is 11.0 Å². The molecule has 1 aromatic heterocycles. The monoisotopic (exact) mass is 409 g/mol. The zero-order chi connectivity index (χ0) is 20.5. The molecule has 0 radical (unpaired) electrons. The normalized spacial score (nSPS) is 11.6. The molecular weight excluding hydrogens is 395 g/mol. The van der Waals surface area contributed by atoms with E-state index in [-0.39, 0.29) is 24.1 Å². The van der Waals surface area contributed by atoms with Crippen LogP contribution in [0.1, 0.15) is 23.9 Å². The molecule has 0 bridgehead atoms. The van der Waals surface area contributed by atoms with Crippen LogP contribution in [0, 0.1) is 0 Å². The maximum atomic E-state index is 13.2. The standard InChI is InChI=1S/C19H15ClF3N3O2/c1-2-15-24-17-13(7-4-8-14(17)19(21,22)23)18(28)26(15)25-16(27)10-11-5-3-6-12(20)9-11/h3-9H,2,10H2,1H3,(H,25,27). The van der Waals surface area contributed by atoms with Crippen LogP contribution in [0.3, 0.4) is 0 Å². The molecule has 28 heavy (non-hydrogen) atoms. The molecule has 0 saturated carbocycles. The number of halogens is 4. The van der Waals surface area contributed by atoms with Crippen molar-refractivity contribution >= 4 is 28.4 Å². The van der Waals surface area contributed by atoms with Crippen molar-refractivity contribution in [2.45, 2.75) is 25.9 Å². The molecule has 3 rings (SSSR count). The SMILES string of the molecule is CCc1nc2c(C(F)(F)F)cccc2c(=O)n1NC(=O)Cc1cccc(Cl)c1. The molecule has 9 heteroatoms. The first-order valence-electron chi connectivity index (χ1n) is 8.37. The van der Waals surface area contributed by atoms with Gasteiger partial charge in [0.1, 0.15) is 5.82 Å². The van der Waals surface area contributed by atoms with Gasteiger partial charge in [-0.05, 0) is 29.8 Å². The molecule has 1 heterocycles. The van der Waals surface area contributed by atoms with Crippen molar-refractivity contribution in [3.8, 4) is 0 Å². The van der Waals surface area contributed by atoms with Crippen LogP contribution in [-0.4, -0.2) is 15.6 Å². The van der Waals surface area contributed by atoms with Crippen molar-refractivity contribution in [3.63, 3.8) is 0 Å². The smallest absolute Gasteiger partial charge is 0.273 e. The Hall–Kier alpha value is -2.87. The van der Waals surface area contributed by atoms with Gasteiger partial charge in [-0.3, -0.25) is 15.0 Å². The molecule has 1 amide bonds. The molecule has 0 spiro atoms. The Kier molecular flexibility index (Phi) is 5.42. The molecule has 3 aromatic rings. The predicted molar refractivity (Wildman–Crippen MR) is 99.9 cm³/mol. The Morgan fingerprint density at radius 2 is 1.93 bits per heavy atom. The second-order valence-corrected chi connectivity index (χ2v) is 6.50. The first-order valence-corrected chi connectivity index (χ1v) is 8.74. The van der Waals surface area contributed by atoms with E-state index in [4.69, 9.17) is 11.6 Å². The Labute approximate surface area is 162 Å². The van der Waals surface area contributed by atoms with Gasteiger partial charge in [-0.25, -0.2) is 9.66 Å². The van der Waals surface area contributed by atoms with Crippen molar-refractivity contribution in [2.75, 3.05) is 5.43 Å². The number of aryl methyl sites for hydroxylation is 1. The predicted octanol–water partition coefficient (Wildman–Crippen LogP) is 3.94. The lowest BCUT2D eigenvalue weighted by atomic mass is 10.1. The maximum absolute atomic E-state index is 13.2. The molecule has 2 aromatic carbocycles. The molecule has 146 valence electrons. The van der Waals surface area contributed by atoms with Gasteiger partial charge in [0.15, 0.2) is 0 Å². The number of hydrogen-bond acceptors (Lipinski definition) is 3. The first-order chi connectivity index (χ1) is 13.2. The van der Waals surface area contributed by atoms with Gasteiger partial charge in [0.25, 0.3) is 5.56 Å². The van der Waals surface area contributed by atoms with Crippen molar-refractivity contribution in [2.24, 2.45) is 0 Å². The third kappa shape index (κ3) is 4.01. The van der Waals surface area contributed by atoms with Crippen molar-refractivity contribution < 1.29 is 18.0 Å². The van der Waals surface area contributed by atoms with Crippen LogP contribution in [0.4, 0.5) is 13.2 Å². The molecule has 0 aliphatic rings. The van der Waals surface area contributed by atoms with Crippen molar-refractivity contribution in [1.29, 1.82) is 0 Å². The summed E-state index contributed by atoms with van der Waals surface area (Å²) in [6.07, 6.45) is -4.56. The number of fused-ring (bicyclic) bond motifs is 1. The average molecular weight is 410 g/mol. The highest BCUT2D eigenvalue weighted by Gasteiger charge is 2.34. The topological polar surface area (TPSA) is 64.0 Å². The number of carbonyl (C=O) groups is 1. The fourth-order valence-electron chi connectivity index (χ4n) is 2.83. The zero-order valence-electron chi connectivity index (χ0n) is 14.7. The van der Waals surface area contributed by atoms with E-state index in [0.717, 1.165) is 16.8 Å². The lowest BCUT2D eigenvalue weighted by molar-refractivity contribution is -0.136. The summed E-state index contributed by atoms with van der Waals surface area (Å²) in [5.74, 6) is -0.499. The highest BCUT2D eigenvalue weighted by Crippen LogP contribution is 2.33. The van der Waals surface area contributed by atoms with Gasteiger partial charge in [0, 0.05) is 11.4 Å². The molecule has 5 nitrogen and oxygen atoms in total. The lowest BCUT2D eigenvalue weighted by Gasteiger charge is -2.15. The summed E-state index contributed by atoms with van der Waals surface area (Å²) in [6, 6.07) is 9.91. The fraction of sp³-hybridized carbons (Fsp3) is 0.211. The van der Waals surface area contributed by atoms with E-state index in [1.165, 1.54) is 6.07 Å². The van der Waals surface area contributed by atoms with E-state index in [9.17, 15) is 22.8 Å². The summed E-state index contributed by atoms with van der Waals surface area (Å²) in [4.78, 5) is 29.1. The minimum absolute atomic E-state index is 0.0219. The summed E-state index contributed by atoms with van der Waals surface area (Å²) < 4.78 is 40.6. The van der Waals surface area contributed by atoms with Crippen LogP contribution in [0.5, 0.6) is 0 Å². The van der Waals surface area contributed by atoms with Gasteiger partial charge in [-0.15, -0.1) is 0 Å². The average Bonchev–Trinajstić information content (AvgIpc) is 2.62. The minimum atomic E-state index is -4.65. The number of para-hydroxylation sites is 1. The second kappa shape index (κ2) is 7.63. The molecular formula is C19H15ClF3N3O2. The van der Waals surface area contributed by atoms with E-state index >= 15 is 0 Å². The van der Waals surface area contributed by atoms with Crippen molar-refractivity contribution in [3.05, 3.63) is 74.8 Å². The number of carbonyl (C=O) groups excluding carboxylic acids is 1. The van der Waals surface area contributed by atoms with Crippen LogP contribution >= 0.6 is 11.6 Å². The molecule has 0 saturated heterocycles. The molecule has 0 fully saturated rings. The van der Waals surface area contributed by atoms with E-state index in [1.54, 1.807) is 31.2 Å². The van der Waals surface area contributed by atoms with Crippen LogP contribution in [0.25, 0.3) is 10.9 Å². The quantitative estimate of drug-likeness (QED) is 0.709. The number of aromatic nitrogens is 2. The Morgan fingerprint density at radius 3 is 2.57 bits per heavy atom. The summed E-state index contributed by atoms with van der Waals surface area (Å²) in [5.41, 5.74) is 0.860. The summed E-state index contributed by atoms with van der Waals surface area (Å²) in [5, 5.41) is 0.235. The van der Waals surface area contributed by atoms with Crippen LogP contribution in [0.15, 0.2) is 47.3 Å². The van der Waals surface area contributed by atoms with E-state index in [0.29, 0.717) is 10.6 Å². The third-order valence-electron chi connectivity index (χ3n) is 4.08. The van der Waals surface area contributed by atoms with Crippen LogP contribution in [0.2, 0.25) is 5.02 Å². The van der Waals surface area contributed by atoms with E-state index < -0.39 is 28.7 Å². The Balaban J connectivity index is 2.03. The summed E-state index contributed by atoms with van der Waals surface area (Å²) in [7, 11) is 0. The van der Waals surface area contributed by atoms with Gasteiger partial charge in [0.05, 0.1) is 22.9 Å². The fourth-order valence-corrected chi connectivity index (χ4v) is 3.04. The third-order valence-corrected chi connectivity index (χ3v) is 4.32. The molecule has 0 unspecified atom stereocenters. The number of benzene rings is 2. The number of amides is 1. The highest BCUT2D eigenvalue weighted by atomic mass is 35.5. The molecule has 1 N–H and O–H groups in total. The van der Waals surface area contributed by atoms with Crippen molar-refractivity contribution in [1.82, 2.24) is 9.66 Å². The summed E-state index contributed by atoms with van der Waals surface area (Å²) in [6.45, 7) is 1.63. The number of nitrogens with zero attached hydrogens (tertiary/aromatic N) is 2. The van der Waals surface area contributed by atoms with Gasteiger partial charge in [-0.2, -0.15) is 13.2 Å². The second-order valence-electron chi connectivity index (χ2n) is 6.06. The summed E-state index contributed by atoms with van der Waals surface area (Å²) >= 11 is 5.89. The number of nitrogens with one attached hydrogen (secondary N) is 1. The first kappa shape index (κ1) is 19.9. The molecule has 0 atom stereocenters. The molecule has 0 aliphatic heterocycles. The Bertz CT molecular complexity index is 1110. The largest absolute Gasteiger partial charge is 0.418 e. The molecule has 0 aliphatic carbocycles. The van der Waals surface area contributed by atoms with E-state index in [1.807, 2.05) is 0 Å². The van der Waals surface area contributed by atoms with E-state index in [2.05, 4.69) is 10.4 Å². The van der Waals surface area contributed by atoms with Crippen LogP contribution in [-0.2, 0) is 23.8 Å². The van der Waals surface area contributed by atoms with Gasteiger partial charge < -0.3 is 0 Å². The highest BCUT2D eigenvalue weighted by molar-refractivity contribution is 6.30. The van der Waals surface area contributed by atoms with Gasteiger partial charge in [0.2, 0.25) is 5.91 Å². The zero-order valence-corrected chi connectivity index (χ0v) is 15.4.